The van der Waals surface area contributed by atoms with E-state index < -0.39 is 17.4 Å². The molecule has 7 heteroatoms. The van der Waals surface area contributed by atoms with Gasteiger partial charge in [-0.2, -0.15) is 0 Å². The third-order valence-corrected chi connectivity index (χ3v) is 9.90. The van der Waals surface area contributed by atoms with Gasteiger partial charge >= 0.3 is 11.9 Å². The fourth-order valence-electron chi connectivity index (χ4n) is 6.82. The third kappa shape index (κ3) is 13.2. The van der Waals surface area contributed by atoms with E-state index in [1.165, 1.54) is 25.7 Å². The molecule has 0 amide bonds. The maximum absolute atomic E-state index is 12.8. The van der Waals surface area contributed by atoms with Gasteiger partial charge < -0.3 is 26.0 Å². The summed E-state index contributed by atoms with van der Waals surface area (Å²) < 4.78 is 0. The maximum Gasteiger partial charge on any atom is 0.310 e. The molecule has 5 unspecified atom stereocenters. The summed E-state index contributed by atoms with van der Waals surface area (Å²) in [7, 11) is 0. The van der Waals surface area contributed by atoms with E-state index in [2.05, 4.69) is 52.2 Å². The lowest BCUT2D eigenvalue weighted by atomic mass is 9.57. The van der Waals surface area contributed by atoms with Gasteiger partial charge in [-0.3, -0.25) is 9.59 Å². The molecule has 2 aliphatic heterocycles. The van der Waals surface area contributed by atoms with Gasteiger partial charge in [-0.15, -0.1) is 0 Å². The van der Waals surface area contributed by atoms with E-state index >= 15 is 0 Å². The van der Waals surface area contributed by atoms with Crippen molar-refractivity contribution in [3.8, 4) is 0 Å². The minimum Gasteiger partial charge on any atom is -0.481 e. The number of nitrogens with one attached hydrogen (secondary N) is 2. The van der Waals surface area contributed by atoms with Crippen molar-refractivity contribution < 1.29 is 24.9 Å². The molecular weight excluding hydrogens is 504 g/mol. The number of aliphatic hydroxyl groups is 1. The molecule has 0 spiro atoms. The van der Waals surface area contributed by atoms with Gasteiger partial charge in [0.05, 0.1) is 5.41 Å². The van der Waals surface area contributed by atoms with E-state index in [1.807, 2.05) is 0 Å². The van der Waals surface area contributed by atoms with Crippen LogP contribution in [0, 0.1) is 28.6 Å². The van der Waals surface area contributed by atoms with Gasteiger partial charge in [0.25, 0.3) is 0 Å². The van der Waals surface area contributed by atoms with Gasteiger partial charge in [0.1, 0.15) is 0 Å². The number of aliphatic hydroxyl groups excluding tert-OH is 1. The predicted molar refractivity (Wildman–Crippen MR) is 165 cm³/mol. The topological polar surface area (TPSA) is 119 Å². The highest BCUT2D eigenvalue weighted by molar-refractivity contribution is 5.75. The van der Waals surface area contributed by atoms with Gasteiger partial charge in [-0.25, -0.2) is 0 Å². The second-order valence-electron chi connectivity index (χ2n) is 13.9. The zero-order valence-corrected chi connectivity index (χ0v) is 26.8. The first-order chi connectivity index (χ1) is 18.9. The van der Waals surface area contributed by atoms with Crippen molar-refractivity contribution in [2.75, 3.05) is 19.7 Å². The quantitative estimate of drug-likeness (QED) is 0.121. The van der Waals surface area contributed by atoms with Crippen molar-refractivity contribution >= 4 is 11.9 Å². The fraction of sp³-hybridized carbons (Fsp3) is 0.939. The highest BCUT2D eigenvalue weighted by atomic mass is 16.4. The molecule has 0 aromatic heterocycles. The van der Waals surface area contributed by atoms with E-state index in [0.717, 1.165) is 77.3 Å². The Morgan fingerprint density at radius 1 is 0.850 bits per heavy atom. The van der Waals surface area contributed by atoms with Crippen LogP contribution in [-0.4, -0.2) is 59.0 Å². The number of hydrogen-bond donors (Lipinski definition) is 5. The number of carboxylic acid groups (broad SMARTS) is 2. The monoisotopic (exact) mass is 568 g/mol. The Bertz CT molecular complexity index is 691. The maximum atomic E-state index is 12.8. The van der Waals surface area contributed by atoms with Gasteiger partial charge in [-0.1, -0.05) is 66.2 Å². The second kappa shape index (κ2) is 19.1. The fourth-order valence-corrected chi connectivity index (χ4v) is 6.82. The summed E-state index contributed by atoms with van der Waals surface area (Å²) in [4.78, 5) is 23.4. The molecule has 236 valence electrons. The first-order valence-electron chi connectivity index (χ1n) is 16.4. The first-order valence-corrected chi connectivity index (χ1v) is 16.4. The molecule has 0 saturated carbocycles. The Balaban J connectivity index is 0.000000562. The molecule has 0 aromatic carbocycles. The van der Waals surface area contributed by atoms with Crippen LogP contribution in [0.25, 0.3) is 0 Å². The molecule has 2 heterocycles. The average molecular weight is 569 g/mol. The number of unbranched alkanes of at least 4 members (excludes halogenated alkanes) is 4. The molecular formula is C33H64N2O5. The van der Waals surface area contributed by atoms with E-state index in [9.17, 15) is 14.7 Å². The van der Waals surface area contributed by atoms with Crippen LogP contribution in [0.1, 0.15) is 138 Å². The molecule has 7 nitrogen and oxygen atoms in total. The summed E-state index contributed by atoms with van der Waals surface area (Å²) in [6, 6.07) is 0.764. The molecule has 2 fully saturated rings. The second-order valence-corrected chi connectivity index (χ2v) is 13.9. The largest absolute Gasteiger partial charge is 0.481 e. The lowest BCUT2D eigenvalue weighted by Gasteiger charge is -2.48. The standard InChI is InChI=1S/C22H40N2O4.C11H24O/c1-16-14-18(9-12-23-16)22(21(27)28,19-10-13-24-17(2)15-19)11-7-5-3-4-6-8-20(25)26;1-5-11(3,4)8-6-7-10(2)9-12/h16-19,23-24H,3-15H2,1-2H3,(H,25,26)(H,27,28);10,12H,5-9H2,1-4H3. The Morgan fingerprint density at radius 3 is 1.82 bits per heavy atom. The van der Waals surface area contributed by atoms with Crippen molar-refractivity contribution in [1.29, 1.82) is 0 Å². The van der Waals surface area contributed by atoms with Crippen LogP contribution >= 0.6 is 0 Å². The molecule has 5 atom stereocenters. The minimum atomic E-state index is -0.732. The molecule has 0 aromatic rings. The Labute approximate surface area is 245 Å². The summed E-state index contributed by atoms with van der Waals surface area (Å²) in [5.74, 6) is -0.355. The van der Waals surface area contributed by atoms with E-state index in [1.54, 1.807) is 0 Å². The summed E-state index contributed by atoms with van der Waals surface area (Å²) in [6.45, 7) is 15.5. The molecule has 0 radical (unpaired) electrons. The van der Waals surface area contributed by atoms with E-state index in [4.69, 9.17) is 10.2 Å². The summed E-state index contributed by atoms with van der Waals surface area (Å²) >= 11 is 0. The lowest BCUT2D eigenvalue weighted by molar-refractivity contribution is -0.161. The van der Waals surface area contributed by atoms with E-state index in [-0.39, 0.29) is 18.3 Å². The molecule has 2 rings (SSSR count). The summed E-state index contributed by atoms with van der Waals surface area (Å²) in [5, 5.41) is 35.0. The van der Waals surface area contributed by atoms with Crippen LogP contribution < -0.4 is 10.6 Å². The van der Waals surface area contributed by atoms with Crippen molar-refractivity contribution in [3.63, 3.8) is 0 Å². The van der Waals surface area contributed by atoms with Crippen LogP contribution in [0.4, 0.5) is 0 Å². The number of piperidine rings is 2. The van der Waals surface area contributed by atoms with Gasteiger partial charge in [0.15, 0.2) is 0 Å². The Hall–Kier alpha value is -1.18. The average Bonchev–Trinajstić information content (AvgIpc) is 2.90. The molecule has 40 heavy (non-hydrogen) atoms. The highest BCUT2D eigenvalue weighted by Crippen LogP contribution is 2.49. The lowest BCUT2D eigenvalue weighted by Crippen LogP contribution is -2.53. The number of carbonyl (C=O) groups is 2. The number of aliphatic carboxylic acids is 2. The zero-order valence-electron chi connectivity index (χ0n) is 26.8. The van der Waals surface area contributed by atoms with Crippen LogP contribution in [0.15, 0.2) is 0 Å². The van der Waals surface area contributed by atoms with Crippen molar-refractivity contribution in [2.45, 2.75) is 150 Å². The van der Waals surface area contributed by atoms with Crippen molar-refractivity contribution in [3.05, 3.63) is 0 Å². The summed E-state index contributed by atoms with van der Waals surface area (Å²) in [6.07, 6.45) is 14.3. The van der Waals surface area contributed by atoms with Crippen molar-refractivity contribution in [1.82, 2.24) is 10.6 Å². The number of carboxylic acids is 2. The van der Waals surface area contributed by atoms with Gasteiger partial charge in [-0.05, 0) is 101 Å². The zero-order chi connectivity index (χ0) is 30.2. The van der Waals surface area contributed by atoms with Gasteiger partial charge in [0, 0.05) is 25.1 Å². The van der Waals surface area contributed by atoms with Crippen LogP contribution in [0.2, 0.25) is 0 Å². The molecule has 0 bridgehead atoms. The normalized spacial score (nSPS) is 25.8. The first kappa shape index (κ1) is 36.8. The molecule has 5 N–H and O–H groups in total. The third-order valence-electron chi connectivity index (χ3n) is 9.90. The minimum absolute atomic E-state index is 0.235. The molecule has 2 aliphatic rings. The molecule has 2 saturated heterocycles. The van der Waals surface area contributed by atoms with E-state index in [0.29, 0.717) is 30.0 Å². The van der Waals surface area contributed by atoms with Crippen LogP contribution in [0.5, 0.6) is 0 Å². The Morgan fingerprint density at radius 2 is 1.38 bits per heavy atom. The van der Waals surface area contributed by atoms with Gasteiger partial charge in [0.2, 0.25) is 0 Å². The molecule has 0 aliphatic carbocycles. The van der Waals surface area contributed by atoms with Crippen LogP contribution in [-0.2, 0) is 9.59 Å². The highest BCUT2D eigenvalue weighted by Gasteiger charge is 2.52. The smallest absolute Gasteiger partial charge is 0.310 e. The number of hydrogen-bond acceptors (Lipinski definition) is 5. The summed E-state index contributed by atoms with van der Waals surface area (Å²) in [5.41, 5.74) is -0.122. The Kier molecular flexibility index (Phi) is 17.6. The predicted octanol–water partition coefficient (Wildman–Crippen LogP) is 6.87. The van der Waals surface area contributed by atoms with Crippen LogP contribution in [0.3, 0.4) is 0 Å². The SMILES string of the molecule is CC1CC(C(CCCCCCCC(=O)O)(C(=O)O)C2CCNC(C)C2)CCN1.CCC(C)(C)CCCC(C)CO. The number of rotatable bonds is 17. The van der Waals surface area contributed by atoms with Crippen molar-refractivity contribution in [2.24, 2.45) is 28.6 Å².